The van der Waals surface area contributed by atoms with E-state index in [1.807, 2.05) is 0 Å². The highest BCUT2D eigenvalue weighted by Gasteiger charge is 2.26. The van der Waals surface area contributed by atoms with E-state index >= 15 is 0 Å². The van der Waals surface area contributed by atoms with Crippen molar-refractivity contribution in [1.29, 1.82) is 0 Å². The van der Waals surface area contributed by atoms with E-state index in [-0.39, 0.29) is 0 Å². The molecule has 0 unspecified atom stereocenters. The lowest BCUT2D eigenvalue weighted by molar-refractivity contribution is -0.137. The van der Waals surface area contributed by atoms with Crippen LogP contribution in [-0.4, -0.2) is 57.9 Å². The summed E-state index contributed by atoms with van der Waals surface area (Å²) in [5.74, 6) is -0.664. The first-order valence-corrected chi connectivity index (χ1v) is 11.3. The summed E-state index contributed by atoms with van der Waals surface area (Å²) in [6.07, 6.45) is 21.2. The average Bonchev–Trinajstić information content (AvgIpc) is 2.73. The molecule has 0 aliphatic carbocycles. The van der Waals surface area contributed by atoms with E-state index in [9.17, 15) is 4.79 Å². The highest BCUT2D eigenvalue weighted by atomic mass is 16.4. The maximum absolute atomic E-state index is 10.3. The number of rotatable bonds is 19. The van der Waals surface area contributed by atoms with E-state index in [1.165, 1.54) is 70.6 Å². The molecule has 0 amide bonds. The van der Waals surface area contributed by atoms with Crippen LogP contribution in [0.4, 0.5) is 0 Å². The molecule has 5 N–H and O–H groups in total. The van der Waals surface area contributed by atoms with Gasteiger partial charge in [-0.3, -0.25) is 4.79 Å². The van der Waals surface area contributed by atoms with Crippen LogP contribution in [0.15, 0.2) is 12.2 Å². The van der Waals surface area contributed by atoms with Crippen molar-refractivity contribution < 1.29 is 30.3 Å². The fourth-order valence-corrected chi connectivity index (χ4v) is 2.65. The first-order valence-electron chi connectivity index (χ1n) is 11.3. The van der Waals surface area contributed by atoms with E-state index in [1.54, 1.807) is 0 Å². The van der Waals surface area contributed by atoms with Crippen molar-refractivity contribution in [2.45, 2.75) is 96.8 Å². The molecule has 0 aromatic rings. The zero-order valence-electron chi connectivity index (χ0n) is 18.5. The summed E-state index contributed by atoms with van der Waals surface area (Å²) in [6, 6.07) is 0. The zero-order valence-corrected chi connectivity index (χ0v) is 18.5. The van der Waals surface area contributed by atoms with Gasteiger partial charge in [-0.1, -0.05) is 70.4 Å². The molecule has 0 saturated carbocycles. The Hall–Kier alpha value is -0.950. The number of aliphatic carboxylic acids is 1. The van der Waals surface area contributed by atoms with Crippen molar-refractivity contribution in [3.63, 3.8) is 0 Å². The fraction of sp³-hybridized carbons (Fsp3) is 0.870. The Morgan fingerprint density at radius 1 is 0.655 bits per heavy atom. The average molecular weight is 419 g/mol. The van der Waals surface area contributed by atoms with Crippen molar-refractivity contribution in [2.24, 2.45) is 5.41 Å². The Morgan fingerprint density at radius 3 is 1.38 bits per heavy atom. The number of aliphatic hydroxyl groups is 4. The van der Waals surface area contributed by atoms with Crippen LogP contribution in [0.25, 0.3) is 0 Å². The Labute approximate surface area is 177 Å². The lowest BCUT2D eigenvalue weighted by Gasteiger charge is -2.23. The van der Waals surface area contributed by atoms with Gasteiger partial charge in [-0.05, 0) is 32.1 Å². The minimum atomic E-state index is -1.11. The monoisotopic (exact) mass is 418 g/mol. The first-order chi connectivity index (χ1) is 14.0. The summed E-state index contributed by atoms with van der Waals surface area (Å²) in [7, 11) is 0. The molecule has 0 aromatic heterocycles. The van der Waals surface area contributed by atoms with Gasteiger partial charge < -0.3 is 25.5 Å². The lowest BCUT2D eigenvalue weighted by atomic mass is 9.93. The topological polar surface area (TPSA) is 118 Å². The lowest BCUT2D eigenvalue weighted by Crippen LogP contribution is -2.37. The Balaban J connectivity index is 0. The number of hydrogen-bond acceptors (Lipinski definition) is 5. The third-order valence-electron chi connectivity index (χ3n) is 4.99. The van der Waals surface area contributed by atoms with Gasteiger partial charge in [-0.15, -0.1) is 0 Å². The molecule has 0 saturated heterocycles. The summed E-state index contributed by atoms with van der Waals surface area (Å²) in [4.78, 5) is 10.3. The second kappa shape index (κ2) is 23.3. The number of aliphatic hydroxyl groups excluding tert-OH is 4. The molecule has 0 heterocycles. The zero-order chi connectivity index (χ0) is 22.2. The van der Waals surface area contributed by atoms with Crippen LogP contribution in [0.1, 0.15) is 96.8 Å². The predicted octanol–water partition coefficient (Wildman–Crippen LogP) is 4.05. The summed E-state index contributed by atoms with van der Waals surface area (Å²) >= 11 is 0. The summed E-state index contributed by atoms with van der Waals surface area (Å²) < 4.78 is 0. The van der Waals surface area contributed by atoms with Crippen LogP contribution in [0.5, 0.6) is 0 Å². The number of carboxylic acids is 1. The van der Waals surface area contributed by atoms with Gasteiger partial charge in [0.2, 0.25) is 0 Å². The molecule has 0 atom stereocenters. The Bertz CT molecular complexity index is 349. The molecule has 0 rings (SSSR count). The molecule has 6 heteroatoms. The number of carbonyl (C=O) groups is 1. The van der Waals surface area contributed by atoms with E-state index in [0.29, 0.717) is 6.42 Å². The van der Waals surface area contributed by atoms with Crippen molar-refractivity contribution in [1.82, 2.24) is 0 Å². The molecule has 0 aliphatic heterocycles. The summed E-state index contributed by atoms with van der Waals surface area (Å²) in [5.41, 5.74) is -1.11. The van der Waals surface area contributed by atoms with Gasteiger partial charge >= 0.3 is 5.97 Å². The van der Waals surface area contributed by atoms with E-state index in [0.717, 1.165) is 12.8 Å². The smallest absolute Gasteiger partial charge is 0.303 e. The molecule has 0 radical (unpaired) electrons. The predicted molar refractivity (Wildman–Crippen MR) is 118 cm³/mol. The molecule has 6 nitrogen and oxygen atoms in total. The third kappa shape index (κ3) is 21.6. The number of allylic oxidation sites excluding steroid dienone is 2. The van der Waals surface area contributed by atoms with Gasteiger partial charge in [0, 0.05) is 6.42 Å². The van der Waals surface area contributed by atoms with Crippen LogP contribution in [0, 0.1) is 5.41 Å². The van der Waals surface area contributed by atoms with Gasteiger partial charge in [0.05, 0.1) is 31.8 Å². The largest absolute Gasteiger partial charge is 0.481 e. The van der Waals surface area contributed by atoms with Gasteiger partial charge in [0.1, 0.15) is 0 Å². The quantitative estimate of drug-likeness (QED) is 0.159. The van der Waals surface area contributed by atoms with Gasteiger partial charge in [0.25, 0.3) is 0 Å². The maximum Gasteiger partial charge on any atom is 0.303 e. The Morgan fingerprint density at radius 2 is 1.03 bits per heavy atom. The molecule has 0 spiro atoms. The maximum atomic E-state index is 10.3. The summed E-state index contributed by atoms with van der Waals surface area (Å²) in [6.45, 7) is 0.634. The summed E-state index contributed by atoms with van der Waals surface area (Å²) in [5, 5.41) is 42.5. The van der Waals surface area contributed by atoms with E-state index < -0.39 is 37.8 Å². The van der Waals surface area contributed by atoms with Crippen molar-refractivity contribution in [3.05, 3.63) is 12.2 Å². The SMILES string of the molecule is CCCCCCCC/C=C\CCCCCCCC(=O)O.OCC(CO)(CO)CO. The van der Waals surface area contributed by atoms with Crippen molar-refractivity contribution in [2.75, 3.05) is 26.4 Å². The van der Waals surface area contributed by atoms with Crippen LogP contribution in [-0.2, 0) is 4.79 Å². The molecule has 0 bridgehead atoms. The molecule has 29 heavy (non-hydrogen) atoms. The molecule has 0 aliphatic rings. The van der Waals surface area contributed by atoms with Crippen LogP contribution in [0.3, 0.4) is 0 Å². The highest BCUT2D eigenvalue weighted by molar-refractivity contribution is 5.66. The van der Waals surface area contributed by atoms with Crippen molar-refractivity contribution in [3.8, 4) is 0 Å². The first kappa shape index (κ1) is 30.2. The molecule has 0 fully saturated rings. The molecular formula is C23H46O6. The standard InChI is InChI=1S/C18H34O2.C5H12O4/c1-2-3-4-5-6-7-8-9-10-11-12-13-14-15-16-17-18(19)20;6-1-5(2-7,3-8)4-9/h9-10H,2-8,11-17H2,1H3,(H,19,20);6-9H,1-4H2/b10-9-;. The minimum Gasteiger partial charge on any atom is -0.481 e. The normalized spacial score (nSPS) is 11.5. The van der Waals surface area contributed by atoms with Gasteiger partial charge in [-0.25, -0.2) is 0 Å². The number of hydrogen-bond donors (Lipinski definition) is 5. The van der Waals surface area contributed by atoms with E-state index in [4.69, 9.17) is 25.5 Å². The second-order valence-electron chi connectivity index (χ2n) is 7.86. The highest BCUT2D eigenvalue weighted by Crippen LogP contribution is 2.12. The Kier molecular flexibility index (Phi) is 24.3. The molecular weight excluding hydrogens is 372 g/mol. The molecule has 0 aromatic carbocycles. The number of unbranched alkanes of at least 4 members (excludes halogenated alkanes) is 11. The van der Waals surface area contributed by atoms with Crippen LogP contribution < -0.4 is 0 Å². The second-order valence-corrected chi connectivity index (χ2v) is 7.86. The van der Waals surface area contributed by atoms with Crippen molar-refractivity contribution >= 4 is 5.97 Å². The minimum absolute atomic E-state index is 0.332. The third-order valence-corrected chi connectivity index (χ3v) is 4.99. The van der Waals surface area contributed by atoms with Crippen LogP contribution in [0.2, 0.25) is 0 Å². The van der Waals surface area contributed by atoms with Gasteiger partial charge in [0.15, 0.2) is 0 Å². The van der Waals surface area contributed by atoms with Gasteiger partial charge in [-0.2, -0.15) is 0 Å². The van der Waals surface area contributed by atoms with Crippen LogP contribution >= 0.6 is 0 Å². The number of carboxylic acid groups (broad SMARTS) is 1. The fourth-order valence-electron chi connectivity index (χ4n) is 2.65. The van der Waals surface area contributed by atoms with E-state index in [2.05, 4.69) is 19.1 Å². The molecule has 174 valence electrons.